The lowest BCUT2D eigenvalue weighted by Crippen LogP contribution is -2.42. The number of fused-ring (bicyclic) bond motifs is 1. The number of oxime groups is 1. The summed E-state index contributed by atoms with van der Waals surface area (Å²) >= 11 is 0. The predicted molar refractivity (Wildman–Crippen MR) is 168 cm³/mol. The summed E-state index contributed by atoms with van der Waals surface area (Å²) in [5.74, 6) is 0. The standard InChI is InChI=1S/C33H31N3O5S2/c1-26-12-8-9-13-27(26)21-22-30(41-35-24-29-15-10-14-28-16-11-23-34-33(28)29)25-36(42(37,38)31-17-4-2-5-18-31)43(39,40)32-19-6-3-7-20-32/h2-20,23-24,30H,21-22,25H2,1H3/b35-24+. The van der Waals surface area contributed by atoms with E-state index < -0.39 is 32.7 Å². The van der Waals surface area contributed by atoms with Gasteiger partial charge < -0.3 is 4.84 Å². The normalized spacial score (nSPS) is 13.0. The van der Waals surface area contributed by atoms with Gasteiger partial charge in [0.1, 0.15) is 6.10 Å². The molecule has 10 heteroatoms. The highest BCUT2D eigenvalue weighted by Crippen LogP contribution is 2.26. The van der Waals surface area contributed by atoms with Gasteiger partial charge in [-0.2, -0.15) is 0 Å². The maximum absolute atomic E-state index is 13.9. The smallest absolute Gasteiger partial charge is 0.256 e. The van der Waals surface area contributed by atoms with E-state index in [-0.39, 0.29) is 9.79 Å². The first-order valence-electron chi connectivity index (χ1n) is 13.7. The van der Waals surface area contributed by atoms with Crippen molar-refractivity contribution in [1.82, 2.24) is 8.69 Å². The van der Waals surface area contributed by atoms with Crippen molar-refractivity contribution in [3.05, 3.63) is 138 Å². The summed E-state index contributed by atoms with van der Waals surface area (Å²) in [5.41, 5.74) is 3.55. The van der Waals surface area contributed by atoms with Gasteiger partial charge in [-0.3, -0.25) is 4.98 Å². The van der Waals surface area contributed by atoms with Crippen molar-refractivity contribution >= 4 is 37.2 Å². The molecule has 1 heterocycles. The van der Waals surface area contributed by atoms with Gasteiger partial charge in [-0.15, -0.1) is 0 Å². The molecule has 0 spiro atoms. The Balaban J connectivity index is 1.51. The fourth-order valence-corrected chi connectivity index (χ4v) is 8.45. The number of para-hydroxylation sites is 1. The number of sulfonamides is 2. The quantitative estimate of drug-likeness (QED) is 0.127. The molecule has 43 heavy (non-hydrogen) atoms. The first kappa shape index (κ1) is 30.1. The maximum Gasteiger partial charge on any atom is 0.256 e. The molecular weight excluding hydrogens is 583 g/mol. The molecule has 0 radical (unpaired) electrons. The topological polar surface area (TPSA) is 106 Å². The Morgan fingerprint density at radius 1 is 0.767 bits per heavy atom. The molecule has 0 saturated carbocycles. The van der Waals surface area contributed by atoms with Gasteiger partial charge in [-0.25, -0.2) is 16.8 Å². The number of aryl methyl sites for hydroxylation is 2. The third kappa shape index (κ3) is 6.99. The second kappa shape index (κ2) is 13.3. The first-order valence-corrected chi connectivity index (χ1v) is 16.6. The molecule has 0 aliphatic carbocycles. The number of pyridine rings is 1. The number of aromatic nitrogens is 1. The van der Waals surface area contributed by atoms with Crippen LogP contribution in [0.3, 0.4) is 0 Å². The Kier molecular flexibility index (Phi) is 9.30. The average molecular weight is 614 g/mol. The summed E-state index contributed by atoms with van der Waals surface area (Å²) in [6, 6.07) is 32.3. The molecule has 1 aromatic heterocycles. The van der Waals surface area contributed by atoms with Gasteiger partial charge in [-0.05, 0) is 61.2 Å². The minimum Gasteiger partial charge on any atom is -0.391 e. The van der Waals surface area contributed by atoms with Gasteiger partial charge in [-0.1, -0.05) is 93.8 Å². The zero-order valence-electron chi connectivity index (χ0n) is 23.5. The number of hydrogen-bond acceptors (Lipinski definition) is 7. The van der Waals surface area contributed by atoms with Crippen LogP contribution >= 0.6 is 0 Å². The van der Waals surface area contributed by atoms with Gasteiger partial charge in [0.25, 0.3) is 20.0 Å². The van der Waals surface area contributed by atoms with Crippen molar-refractivity contribution < 1.29 is 21.7 Å². The second-order valence-corrected chi connectivity index (χ2v) is 13.9. The van der Waals surface area contributed by atoms with E-state index in [4.69, 9.17) is 4.84 Å². The fourth-order valence-electron chi connectivity index (χ4n) is 4.70. The van der Waals surface area contributed by atoms with Crippen molar-refractivity contribution in [3.8, 4) is 0 Å². The van der Waals surface area contributed by atoms with Crippen molar-refractivity contribution in [2.24, 2.45) is 5.16 Å². The summed E-state index contributed by atoms with van der Waals surface area (Å²) < 4.78 is 56.1. The molecule has 4 aromatic carbocycles. The highest BCUT2D eigenvalue weighted by molar-refractivity contribution is 8.04. The molecule has 1 unspecified atom stereocenters. The SMILES string of the molecule is Cc1ccccc1CCC(CN(S(=O)(=O)c1ccccc1)S(=O)(=O)c1ccccc1)O/N=C/c1cccc2cccnc12. The van der Waals surface area contributed by atoms with Gasteiger partial charge >= 0.3 is 0 Å². The molecule has 0 aliphatic heterocycles. The molecular formula is C33H31N3O5S2. The maximum atomic E-state index is 13.9. The molecule has 0 fully saturated rings. The predicted octanol–water partition coefficient (Wildman–Crippen LogP) is 5.97. The van der Waals surface area contributed by atoms with Crippen LogP contribution in [0.5, 0.6) is 0 Å². The van der Waals surface area contributed by atoms with E-state index in [1.54, 1.807) is 42.6 Å². The van der Waals surface area contributed by atoms with Crippen LogP contribution < -0.4 is 0 Å². The molecule has 0 N–H and O–H groups in total. The molecule has 8 nitrogen and oxygen atoms in total. The van der Waals surface area contributed by atoms with E-state index in [0.29, 0.717) is 22.1 Å². The van der Waals surface area contributed by atoms with Crippen molar-refractivity contribution in [1.29, 1.82) is 0 Å². The van der Waals surface area contributed by atoms with Crippen LogP contribution in [-0.4, -0.2) is 44.4 Å². The fraction of sp³-hybridized carbons (Fsp3) is 0.152. The molecule has 5 aromatic rings. The van der Waals surface area contributed by atoms with Crippen LogP contribution in [-0.2, 0) is 31.3 Å². The number of rotatable bonds is 12. The van der Waals surface area contributed by atoms with Crippen molar-refractivity contribution in [2.75, 3.05) is 6.54 Å². The van der Waals surface area contributed by atoms with Crippen molar-refractivity contribution in [2.45, 2.75) is 35.7 Å². The molecule has 220 valence electrons. The Morgan fingerprint density at radius 3 is 2.02 bits per heavy atom. The lowest BCUT2D eigenvalue weighted by molar-refractivity contribution is 0.0495. The Labute approximate surface area is 252 Å². The zero-order valence-corrected chi connectivity index (χ0v) is 25.2. The Hall–Kier alpha value is -4.38. The average Bonchev–Trinajstić information content (AvgIpc) is 3.03. The van der Waals surface area contributed by atoms with E-state index in [9.17, 15) is 16.8 Å². The Bertz CT molecular complexity index is 1860. The van der Waals surface area contributed by atoms with Gasteiger partial charge in [0, 0.05) is 17.1 Å². The summed E-state index contributed by atoms with van der Waals surface area (Å²) in [6.07, 6.45) is 3.12. The van der Waals surface area contributed by atoms with E-state index in [1.807, 2.05) is 61.5 Å². The van der Waals surface area contributed by atoms with Crippen LogP contribution in [0.1, 0.15) is 23.1 Å². The molecule has 5 rings (SSSR count). The van der Waals surface area contributed by atoms with Crippen LogP contribution in [0.2, 0.25) is 0 Å². The largest absolute Gasteiger partial charge is 0.391 e. The molecule has 0 bridgehead atoms. The lowest BCUT2D eigenvalue weighted by atomic mass is 10.0. The highest BCUT2D eigenvalue weighted by atomic mass is 32.3. The first-order chi connectivity index (χ1) is 20.8. The number of benzene rings is 4. The highest BCUT2D eigenvalue weighted by Gasteiger charge is 2.39. The van der Waals surface area contributed by atoms with E-state index >= 15 is 0 Å². The third-order valence-electron chi connectivity index (χ3n) is 7.03. The Morgan fingerprint density at radius 2 is 1.37 bits per heavy atom. The summed E-state index contributed by atoms with van der Waals surface area (Å²) in [6.45, 7) is 1.51. The van der Waals surface area contributed by atoms with Gasteiger partial charge in [0.15, 0.2) is 0 Å². The van der Waals surface area contributed by atoms with E-state index in [2.05, 4.69) is 10.1 Å². The molecule has 0 amide bonds. The molecule has 0 saturated heterocycles. The minimum atomic E-state index is -4.50. The lowest BCUT2D eigenvalue weighted by Gasteiger charge is -2.26. The summed E-state index contributed by atoms with van der Waals surface area (Å²) in [4.78, 5) is 10.1. The summed E-state index contributed by atoms with van der Waals surface area (Å²) in [5, 5.41) is 5.14. The van der Waals surface area contributed by atoms with Crippen LogP contribution in [0, 0.1) is 6.92 Å². The van der Waals surface area contributed by atoms with Crippen LogP contribution in [0.25, 0.3) is 10.9 Å². The molecule has 0 aliphatic rings. The molecule has 1 atom stereocenters. The summed E-state index contributed by atoms with van der Waals surface area (Å²) in [7, 11) is -8.99. The number of hydrogen-bond donors (Lipinski definition) is 0. The second-order valence-electron chi connectivity index (χ2n) is 9.94. The van der Waals surface area contributed by atoms with Crippen molar-refractivity contribution in [3.63, 3.8) is 0 Å². The van der Waals surface area contributed by atoms with Crippen LogP contribution in [0.15, 0.2) is 136 Å². The number of nitrogens with zero attached hydrogens (tertiary/aromatic N) is 3. The monoisotopic (exact) mass is 613 g/mol. The van der Waals surface area contributed by atoms with Gasteiger partial charge in [0.05, 0.1) is 28.1 Å². The third-order valence-corrected chi connectivity index (χ3v) is 11.3. The van der Waals surface area contributed by atoms with E-state index in [0.717, 1.165) is 22.0 Å². The zero-order chi connectivity index (χ0) is 30.3. The van der Waals surface area contributed by atoms with Gasteiger partial charge in [0.2, 0.25) is 0 Å². The van der Waals surface area contributed by atoms with E-state index in [1.165, 1.54) is 30.5 Å². The van der Waals surface area contributed by atoms with Crippen LogP contribution in [0.4, 0.5) is 0 Å². The minimum absolute atomic E-state index is 0.141.